The Bertz CT molecular complexity index is 893. The molecule has 31 heavy (non-hydrogen) atoms. The van der Waals surface area contributed by atoms with Gasteiger partial charge in [0.25, 0.3) is 0 Å². The van der Waals surface area contributed by atoms with Crippen molar-refractivity contribution in [3.05, 3.63) is 28.8 Å². The third-order valence-electron chi connectivity index (χ3n) is 6.92. The molecule has 0 saturated heterocycles. The van der Waals surface area contributed by atoms with Crippen LogP contribution >= 0.6 is 0 Å². The summed E-state index contributed by atoms with van der Waals surface area (Å²) >= 11 is 0. The van der Waals surface area contributed by atoms with E-state index in [4.69, 9.17) is 9.47 Å². The Morgan fingerprint density at radius 2 is 1.94 bits per heavy atom. The number of benzene rings is 1. The first-order valence-corrected chi connectivity index (χ1v) is 11.9. The Hall–Kier alpha value is -2.10. The summed E-state index contributed by atoms with van der Waals surface area (Å²) in [5, 5.41) is 0. The van der Waals surface area contributed by atoms with Gasteiger partial charge in [-0.2, -0.15) is 0 Å². The average molecular weight is 427 g/mol. The van der Waals surface area contributed by atoms with E-state index in [1.165, 1.54) is 32.6 Å². The fraction of sp³-hybridized carbons (Fsp3) is 0.630. The zero-order valence-corrected chi connectivity index (χ0v) is 20.3. The van der Waals surface area contributed by atoms with Gasteiger partial charge in [-0.3, -0.25) is 9.59 Å². The maximum absolute atomic E-state index is 12.9. The normalized spacial score (nSPS) is 21.6. The van der Waals surface area contributed by atoms with Crippen molar-refractivity contribution in [2.45, 2.75) is 98.5 Å². The SMILES string of the molecule is CCCCCC(C)C(C)c1cc(OC(C)=O)c2c(c1)OC(C)(C)C1=C2CC(C)CC1=O. The largest absolute Gasteiger partial charge is 0.482 e. The second-order valence-corrected chi connectivity index (χ2v) is 10.2. The van der Waals surface area contributed by atoms with Crippen LogP contribution in [-0.2, 0) is 9.59 Å². The van der Waals surface area contributed by atoms with Crippen molar-refractivity contribution in [2.75, 3.05) is 0 Å². The van der Waals surface area contributed by atoms with Crippen LogP contribution in [0.5, 0.6) is 11.5 Å². The minimum absolute atomic E-state index is 0.139. The number of hydrogen-bond donors (Lipinski definition) is 0. The zero-order valence-electron chi connectivity index (χ0n) is 20.3. The third-order valence-corrected chi connectivity index (χ3v) is 6.92. The molecular formula is C27H38O4. The molecule has 4 heteroatoms. The fourth-order valence-electron chi connectivity index (χ4n) is 5.14. The Morgan fingerprint density at radius 3 is 2.58 bits per heavy atom. The number of esters is 1. The molecule has 4 nitrogen and oxygen atoms in total. The summed E-state index contributed by atoms with van der Waals surface area (Å²) in [4.78, 5) is 24.9. The lowest BCUT2D eigenvalue weighted by molar-refractivity contribution is -0.131. The minimum Gasteiger partial charge on any atom is -0.482 e. The van der Waals surface area contributed by atoms with E-state index in [9.17, 15) is 9.59 Å². The Morgan fingerprint density at radius 1 is 1.23 bits per heavy atom. The molecule has 0 amide bonds. The van der Waals surface area contributed by atoms with Crippen LogP contribution in [0, 0.1) is 11.8 Å². The number of hydrogen-bond acceptors (Lipinski definition) is 4. The van der Waals surface area contributed by atoms with Gasteiger partial charge in [-0.1, -0.05) is 53.4 Å². The monoisotopic (exact) mass is 426 g/mol. The molecule has 2 aliphatic rings. The van der Waals surface area contributed by atoms with Crippen molar-refractivity contribution in [1.82, 2.24) is 0 Å². The van der Waals surface area contributed by atoms with Crippen molar-refractivity contribution in [2.24, 2.45) is 11.8 Å². The molecule has 3 atom stereocenters. The zero-order chi connectivity index (χ0) is 22.9. The van der Waals surface area contributed by atoms with Crippen LogP contribution in [0.25, 0.3) is 5.57 Å². The Labute approximate surface area is 187 Å². The molecule has 0 N–H and O–H groups in total. The van der Waals surface area contributed by atoms with E-state index < -0.39 is 5.60 Å². The molecule has 0 saturated carbocycles. The summed E-state index contributed by atoms with van der Waals surface area (Å²) in [6.45, 7) is 14.2. The molecule has 0 radical (unpaired) electrons. The van der Waals surface area contributed by atoms with Crippen LogP contribution in [0.2, 0.25) is 0 Å². The standard InChI is InChI=1S/C27H38O4/c1-8-9-10-11-17(3)18(4)20-14-23(30-19(5)28)25-21-12-16(2)13-22(29)26(21)27(6,7)31-24(25)15-20/h14-18H,8-13H2,1-7H3. The van der Waals surface area contributed by atoms with E-state index >= 15 is 0 Å². The maximum atomic E-state index is 12.9. The van der Waals surface area contributed by atoms with Crippen LogP contribution in [0.1, 0.15) is 104 Å². The molecule has 0 fully saturated rings. The summed E-state index contributed by atoms with van der Waals surface area (Å²) in [7, 11) is 0. The van der Waals surface area contributed by atoms with Crippen LogP contribution < -0.4 is 9.47 Å². The second kappa shape index (κ2) is 9.18. The number of ether oxygens (including phenoxy) is 2. The summed E-state index contributed by atoms with van der Waals surface area (Å²) in [5.74, 6) is 2.12. The quantitative estimate of drug-likeness (QED) is 0.272. The Kier molecular flexibility index (Phi) is 6.98. The lowest BCUT2D eigenvalue weighted by atomic mass is 9.73. The summed E-state index contributed by atoms with van der Waals surface area (Å²) in [5.41, 5.74) is 2.94. The van der Waals surface area contributed by atoms with E-state index in [1.54, 1.807) is 0 Å². The first kappa shape index (κ1) is 23.6. The summed E-state index contributed by atoms with van der Waals surface area (Å²) in [6, 6.07) is 4.11. The van der Waals surface area contributed by atoms with Crippen LogP contribution in [0.4, 0.5) is 0 Å². The first-order valence-electron chi connectivity index (χ1n) is 11.9. The average Bonchev–Trinajstić information content (AvgIpc) is 2.65. The highest BCUT2D eigenvalue weighted by atomic mass is 16.5. The summed E-state index contributed by atoms with van der Waals surface area (Å²) < 4.78 is 12.1. The van der Waals surface area contributed by atoms with E-state index in [-0.39, 0.29) is 17.7 Å². The van der Waals surface area contributed by atoms with Gasteiger partial charge in [0.2, 0.25) is 0 Å². The van der Waals surface area contributed by atoms with Gasteiger partial charge in [0.15, 0.2) is 5.78 Å². The highest BCUT2D eigenvalue weighted by Crippen LogP contribution is 2.51. The predicted octanol–water partition coefficient (Wildman–Crippen LogP) is 6.86. The number of unbranched alkanes of at least 4 members (excludes halogenated alkanes) is 2. The molecule has 1 aromatic rings. The van der Waals surface area contributed by atoms with Gasteiger partial charge < -0.3 is 9.47 Å². The number of rotatable bonds is 7. The molecule has 3 unspecified atom stereocenters. The molecule has 0 aromatic heterocycles. The number of allylic oxidation sites excluding steroid dienone is 1. The van der Waals surface area contributed by atoms with E-state index in [0.29, 0.717) is 24.0 Å². The predicted molar refractivity (Wildman–Crippen MR) is 125 cm³/mol. The highest BCUT2D eigenvalue weighted by Gasteiger charge is 2.43. The molecular weight excluding hydrogens is 388 g/mol. The Balaban J connectivity index is 2.10. The van der Waals surface area contributed by atoms with E-state index in [0.717, 1.165) is 34.4 Å². The van der Waals surface area contributed by atoms with Crippen molar-refractivity contribution in [3.8, 4) is 11.5 Å². The van der Waals surface area contributed by atoms with Gasteiger partial charge in [-0.25, -0.2) is 0 Å². The van der Waals surface area contributed by atoms with Gasteiger partial charge in [-0.15, -0.1) is 0 Å². The number of carbonyl (C=O) groups excluding carboxylic acids is 2. The van der Waals surface area contributed by atoms with E-state index in [1.807, 2.05) is 19.9 Å². The van der Waals surface area contributed by atoms with Crippen molar-refractivity contribution in [1.29, 1.82) is 0 Å². The number of ketones is 1. The van der Waals surface area contributed by atoms with Crippen molar-refractivity contribution in [3.63, 3.8) is 0 Å². The summed E-state index contributed by atoms with van der Waals surface area (Å²) in [6.07, 6.45) is 6.19. The van der Waals surface area contributed by atoms with Crippen molar-refractivity contribution < 1.29 is 19.1 Å². The van der Waals surface area contributed by atoms with Gasteiger partial charge in [-0.05, 0) is 61.3 Å². The van der Waals surface area contributed by atoms with Crippen LogP contribution in [-0.4, -0.2) is 17.4 Å². The molecule has 1 aliphatic carbocycles. The topological polar surface area (TPSA) is 52.6 Å². The second-order valence-electron chi connectivity index (χ2n) is 10.2. The number of carbonyl (C=O) groups is 2. The fourth-order valence-corrected chi connectivity index (χ4v) is 5.14. The van der Waals surface area contributed by atoms with E-state index in [2.05, 4.69) is 33.8 Å². The lowest BCUT2D eigenvalue weighted by Crippen LogP contribution is -2.40. The first-order chi connectivity index (χ1) is 14.5. The minimum atomic E-state index is -0.693. The third kappa shape index (κ3) is 4.88. The van der Waals surface area contributed by atoms with Crippen molar-refractivity contribution >= 4 is 17.3 Å². The highest BCUT2D eigenvalue weighted by molar-refractivity contribution is 6.08. The molecule has 1 aliphatic heterocycles. The van der Waals surface area contributed by atoms with Crippen LogP contribution in [0.3, 0.4) is 0 Å². The number of Topliss-reactive ketones (excluding diaryl/α,β-unsaturated/α-hetero) is 1. The molecule has 1 aromatic carbocycles. The molecule has 170 valence electrons. The van der Waals surface area contributed by atoms with Gasteiger partial charge in [0.05, 0.1) is 5.56 Å². The van der Waals surface area contributed by atoms with Gasteiger partial charge in [0, 0.05) is 18.9 Å². The van der Waals surface area contributed by atoms with Crippen LogP contribution in [0.15, 0.2) is 17.7 Å². The number of fused-ring (bicyclic) bond motifs is 2. The molecule has 3 rings (SSSR count). The molecule has 0 spiro atoms. The molecule has 1 heterocycles. The smallest absolute Gasteiger partial charge is 0.308 e. The lowest BCUT2D eigenvalue weighted by Gasteiger charge is -2.40. The molecule has 0 bridgehead atoms. The van der Waals surface area contributed by atoms with Gasteiger partial charge in [0.1, 0.15) is 17.1 Å². The van der Waals surface area contributed by atoms with Gasteiger partial charge >= 0.3 is 5.97 Å². The maximum Gasteiger partial charge on any atom is 0.308 e.